The first-order valence-corrected chi connectivity index (χ1v) is 6.55. The summed E-state index contributed by atoms with van der Waals surface area (Å²) in [5, 5.41) is 4.52. The minimum absolute atomic E-state index is 0.161. The summed E-state index contributed by atoms with van der Waals surface area (Å²) in [6, 6.07) is 11.2. The summed E-state index contributed by atoms with van der Waals surface area (Å²) in [7, 11) is 2.02. The van der Waals surface area contributed by atoms with Crippen LogP contribution in [0.3, 0.4) is 0 Å². The number of nitrogens with one attached hydrogen (secondary N) is 1. The predicted molar refractivity (Wildman–Crippen MR) is 77.9 cm³/mol. The molecule has 0 saturated heterocycles. The zero-order valence-corrected chi connectivity index (χ0v) is 11.7. The van der Waals surface area contributed by atoms with Gasteiger partial charge in [-0.2, -0.15) is 0 Å². The molecule has 2 nitrogen and oxygen atoms in total. The van der Waals surface area contributed by atoms with Crippen LogP contribution in [0.2, 0.25) is 0 Å². The summed E-state index contributed by atoms with van der Waals surface area (Å²) >= 11 is 0. The van der Waals surface area contributed by atoms with Crippen molar-refractivity contribution in [1.29, 1.82) is 0 Å². The van der Waals surface area contributed by atoms with Crippen LogP contribution in [0, 0.1) is 0 Å². The van der Waals surface area contributed by atoms with E-state index < -0.39 is 0 Å². The maximum Gasteiger partial charge on any atom is 0.0704 e. The highest BCUT2D eigenvalue weighted by atomic mass is 14.9. The number of aromatic nitrogens is 1. The number of rotatable bonds is 4. The fraction of sp³-hybridized carbons (Fsp3) is 0.438. The second-order valence-corrected chi connectivity index (χ2v) is 5.69. The Labute approximate surface area is 109 Å². The highest BCUT2D eigenvalue weighted by Crippen LogP contribution is 2.30. The molecule has 0 aliphatic carbocycles. The number of fused-ring (bicyclic) bond motifs is 1. The van der Waals surface area contributed by atoms with Crippen LogP contribution in [0.5, 0.6) is 0 Å². The van der Waals surface area contributed by atoms with E-state index >= 15 is 0 Å². The normalized spacial score (nSPS) is 13.8. The Morgan fingerprint density at radius 3 is 2.78 bits per heavy atom. The summed E-state index contributed by atoms with van der Waals surface area (Å²) in [4.78, 5) is 4.44. The molecule has 1 aromatic carbocycles. The van der Waals surface area contributed by atoms with Gasteiger partial charge < -0.3 is 5.32 Å². The van der Waals surface area contributed by atoms with Crippen LogP contribution in [0.25, 0.3) is 10.9 Å². The monoisotopic (exact) mass is 242 g/mol. The van der Waals surface area contributed by atoms with Gasteiger partial charge in [-0.15, -0.1) is 0 Å². The quantitative estimate of drug-likeness (QED) is 0.887. The zero-order valence-electron chi connectivity index (χ0n) is 11.7. The summed E-state index contributed by atoms with van der Waals surface area (Å²) in [5.74, 6) is 0. The lowest BCUT2D eigenvalue weighted by Gasteiger charge is -2.28. The molecule has 2 rings (SSSR count). The standard InChI is InChI=1S/C16H22N2/c1-12(17-4)11-16(2,3)14-8-7-13-6-5-9-18-15(13)10-14/h5-10,12,17H,11H2,1-4H3. The molecule has 2 heteroatoms. The molecule has 0 amide bonds. The Hall–Kier alpha value is -1.41. The third kappa shape index (κ3) is 2.70. The lowest BCUT2D eigenvalue weighted by atomic mass is 9.79. The van der Waals surface area contributed by atoms with Crippen molar-refractivity contribution >= 4 is 10.9 Å². The molecule has 1 N–H and O–H groups in total. The van der Waals surface area contributed by atoms with Crippen LogP contribution < -0.4 is 5.32 Å². The summed E-state index contributed by atoms with van der Waals surface area (Å²) in [5.41, 5.74) is 2.60. The second-order valence-electron chi connectivity index (χ2n) is 5.69. The van der Waals surface area contributed by atoms with Crippen molar-refractivity contribution in [3.05, 3.63) is 42.1 Å². The predicted octanol–water partition coefficient (Wildman–Crippen LogP) is 3.51. The third-order valence-electron chi connectivity index (χ3n) is 3.70. The molecule has 1 unspecified atom stereocenters. The minimum Gasteiger partial charge on any atom is -0.317 e. The number of nitrogens with zero attached hydrogens (tertiary/aromatic N) is 1. The van der Waals surface area contributed by atoms with Gasteiger partial charge in [0, 0.05) is 17.6 Å². The number of pyridine rings is 1. The Balaban J connectivity index is 2.35. The molecule has 96 valence electrons. The van der Waals surface area contributed by atoms with Gasteiger partial charge in [-0.25, -0.2) is 0 Å². The number of hydrogen-bond acceptors (Lipinski definition) is 2. The van der Waals surface area contributed by atoms with Gasteiger partial charge >= 0.3 is 0 Å². The van der Waals surface area contributed by atoms with Crippen molar-refractivity contribution in [2.45, 2.75) is 38.6 Å². The van der Waals surface area contributed by atoms with Crippen molar-refractivity contribution in [2.75, 3.05) is 7.05 Å². The van der Waals surface area contributed by atoms with Crippen LogP contribution in [-0.2, 0) is 5.41 Å². The molecule has 1 atom stereocenters. The first-order valence-electron chi connectivity index (χ1n) is 6.55. The molecule has 0 aliphatic rings. The van der Waals surface area contributed by atoms with E-state index in [1.54, 1.807) is 0 Å². The molecular weight excluding hydrogens is 220 g/mol. The van der Waals surface area contributed by atoms with Crippen molar-refractivity contribution in [3.63, 3.8) is 0 Å². The van der Waals surface area contributed by atoms with Gasteiger partial charge in [-0.3, -0.25) is 4.98 Å². The largest absolute Gasteiger partial charge is 0.317 e. The minimum atomic E-state index is 0.161. The van der Waals surface area contributed by atoms with Gasteiger partial charge in [0.2, 0.25) is 0 Å². The Morgan fingerprint density at radius 1 is 1.28 bits per heavy atom. The van der Waals surface area contributed by atoms with E-state index in [9.17, 15) is 0 Å². The molecule has 0 spiro atoms. The van der Waals surface area contributed by atoms with Gasteiger partial charge in [0.05, 0.1) is 5.52 Å². The van der Waals surface area contributed by atoms with Gasteiger partial charge in [0.25, 0.3) is 0 Å². The van der Waals surface area contributed by atoms with Crippen LogP contribution in [0.4, 0.5) is 0 Å². The molecule has 0 fully saturated rings. The van der Waals surface area contributed by atoms with Crippen LogP contribution >= 0.6 is 0 Å². The van der Waals surface area contributed by atoms with E-state index in [1.165, 1.54) is 10.9 Å². The Morgan fingerprint density at radius 2 is 2.06 bits per heavy atom. The summed E-state index contributed by atoms with van der Waals surface area (Å²) in [6.07, 6.45) is 2.97. The zero-order chi connectivity index (χ0) is 13.2. The first kappa shape index (κ1) is 13.0. The van der Waals surface area contributed by atoms with Crippen molar-refractivity contribution < 1.29 is 0 Å². The molecule has 0 bridgehead atoms. The van der Waals surface area contributed by atoms with Crippen molar-refractivity contribution in [3.8, 4) is 0 Å². The second kappa shape index (κ2) is 5.07. The van der Waals surface area contributed by atoms with Crippen LogP contribution in [-0.4, -0.2) is 18.1 Å². The van der Waals surface area contributed by atoms with Crippen molar-refractivity contribution in [2.24, 2.45) is 0 Å². The van der Waals surface area contributed by atoms with Gasteiger partial charge in [-0.1, -0.05) is 32.0 Å². The topological polar surface area (TPSA) is 24.9 Å². The molecule has 1 aromatic heterocycles. The molecule has 2 aromatic rings. The first-order chi connectivity index (χ1) is 8.53. The fourth-order valence-electron chi connectivity index (χ4n) is 2.47. The van der Waals surface area contributed by atoms with Crippen molar-refractivity contribution in [1.82, 2.24) is 10.3 Å². The van der Waals surface area contributed by atoms with E-state index in [2.05, 4.69) is 55.3 Å². The molecule has 18 heavy (non-hydrogen) atoms. The highest BCUT2D eigenvalue weighted by molar-refractivity contribution is 5.79. The van der Waals surface area contributed by atoms with Gasteiger partial charge in [0.15, 0.2) is 0 Å². The average Bonchev–Trinajstić information content (AvgIpc) is 2.37. The van der Waals surface area contributed by atoms with Gasteiger partial charge in [-0.05, 0) is 43.5 Å². The molecule has 0 aliphatic heterocycles. The molecule has 1 heterocycles. The summed E-state index contributed by atoms with van der Waals surface area (Å²) in [6.45, 7) is 6.82. The average molecular weight is 242 g/mol. The van der Waals surface area contributed by atoms with Crippen LogP contribution in [0.1, 0.15) is 32.8 Å². The Bertz CT molecular complexity index is 531. The molecule has 0 radical (unpaired) electrons. The molecule has 0 saturated carbocycles. The highest BCUT2D eigenvalue weighted by Gasteiger charge is 2.23. The lowest BCUT2D eigenvalue weighted by Crippen LogP contribution is -2.30. The van der Waals surface area contributed by atoms with E-state index in [4.69, 9.17) is 0 Å². The lowest BCUT2D eigenvalue weighted by molar-refractivity contribution is 0.405. The number of benzene rings is 1. The van der Waals surface area contributed by atoms with E-state index in [1.807, 2.05) is 19.3 Å². The summed E-state index contributed by atoms with van der Waals surface area (Å²) < 4.78 is 0. The molecular formula is C16H22N2. The maximum atomic E-state index is 4.44. The smallest absolute Gasteiger partial charge is 0.0704 e. The van der Waals surface area contributed by atoms with E-state index in [-0.39, 0.29) is 5.41 Å². The van der Waals surface area contributed by atoms with E-state index in [0.717, 1.165) is 11.9 Å². The number of hydrogen-bond donors (Lipinski definition) is 1. The third-order valence-corrected chi connectivity index (χ3v) is 3.70. The SMILES string of the molecule is CNC(C)CC(C)(C)c1ccc2cccnc2c1. The van der Waals surface area contributed by atoms with Gasteiger partial charge in [0.1, 0.15) is 0 Å². The maximum absolute atomic E-state index is 4.44. The fourth-order valence-corrected chi connectivity index (χ4v) is 2.47. The Kier molecular flexibility index (Phi) is 3.67. The van der Waals surface area contributed by atoms with Crippen LogP contribution in [0.15, 0.2) is 36.5 Å². The van der Waals surface area contributed by atoms with E-state index in [0.29, 0.717) is 6.04 Å².